The zero-order valence-electron chi connectivity index (χ0n) is 20.6. The Labute approximate surface area is 204 Å². The molecule has 2 heterocycles. The van der Waals surface area contributed by atoms with E-state index in [1.54, 1.807) is 35.4 Å². The van der Waals surface area contributed by atoms with Gasteiger partial charge in [0, 0.05) is 24.9 Å². The fraction of sp³-hybridized carbons (Fsp3) is 0.520. The smallest absolute Gasteiger partial charge is 0.276 e. The van der Waals surface area contributed by atoms with Crippen molar-refractivity contribution >= 4 is 23.4 Å². The number of hydrogen-bond acceptors (Lipinski definition) is 5. The maximum absolute atomic E-state index is 13.9. The second-order valence-electron chi connectivity index (χ2n) is 9.70. The van der Waals surface area contributed by atoms with Gasteiger partial charge in [0.15, 0.2) is 5.69 Å². The highest BCUT2D eigenvalue weighted by atomic mass is 19.1. The maximum Gasteiger partial charge on any atom is 0.276 e. The van der Waals surface area contributed by atoms with E-state index in [1.807, 2.05) is 13.8 Å². The SMILES string of the molecule is Cc1ccc(NC(=O)c2ncn3c2C(=O)N(C2CC2)[C@](C)(C(=O)NCCCOC(C)C)C3)cc1F. The molecule has 1 saturated carbocycles. The first-order valence-corrected chi connectivity index (χ1v) is 12.0. The second-order valence-corrected chi connectivity index (χ2v) is 9.70. The molecule has 188 valence electrons. The molecule has 2 N–H and O–H groups in total. The Morgan fingerprint density at radius 1 is 1.31 bits per heavy atom. The number of hydrogen-bond donors (Lipinski definition) is 2. The highest BCUT2D eigenvalue weighted by molar-refractivity contribution is 6.11. The van der Waals surface area contributed by atoms with E-state index in [9.17, 15) is 18.8 Å². The van der Waals surface area contributed by atoms with Gasteiger partial charge in [0.2, 0.25) is 5.91 Å². The van der Waals surface area contributed by atoms with Crippen LogP contribution in [0.1, 0.15) is 66.6 Å². The van der Waals surface area contributed by atoms with Crippen LogP contribution in [0.15, 0.2) is 24.5 Å². The number of benzene rings is 1. The van der Waals surface area contributed by atoms with Gasteiger partial charge in [-0.3, -0.25) is 14.4 Å². The number of rotatable bonds is 9. The van der Waals surface area contributed by atoms with Gasteiger partial charge in [0.05, 0.1) is 19.0 Å². The van der Waals surface area contributed by atoms with Gasteiger partial charge in [-0.15, -0.1) is 0 Å². The second kappa shape index (κ2) is 9.77. The highest BCUT2D eigenvalue weighted by Gasteiger charge is 2.53. The normalized spacial score (nSPS) is 19.6. The number of halogens is 1. The molecule has 1 fully saturated rings. The number of fused-ring (bicyclic) bond motifs is 1. The molecule has 1 aromatic carbocycles. The molecule has 0 spiro atoms. The van der Waals surface area contributed by atoms with Crippen LogP contribution in [0.2, 0.25) is 0 Å². The molecule has 10 heteroatoms. The zero-order chi connectivity index (χ0) is 25.3. The van der Waals surface area contributed by atoms with Crippen molar-refractivity contribution in [3.05, 3.63) is 47.3 Å². The summed E-state index contributed by atoms with van der Waals surface area (Å²) in [5.41, 5.74) is -0.290. The van der Waals surface area contributed by atoms with Crippen LogP contribution in [0.25, 0.3) is 0 Å². The lowest BCUT2D eigenvalue weighted by atomic mass is 9.94. The zero-order valence-corrected chi connectivity index (χ0v) is 20.6. The van der Waals surface area contributed by atoms with Crippen molar-refractivity contribution in [2.75, 3.05) is 18.5 Å². The van der Waals surface area contributed by atoms with E-state index in [0.717, 1.165) is 12.8 Å². The molecular weight excluding hydrogens is 453 g/mol. The number of nitrogens with one attached hydrogen (secondary N) is 2. The minimum Gasteiger partial charge on any atom is -0.379 e. The van der Waals surface area contributed by atoms with Crippen LogP contribution in [0, 0.1) is 12.7 Å². The predicted octanol–water partition coefficient (Wildman–Crippen LogP) is 2.89. The van der Waals surface area contributed by atoms with Crippen molar-refractivity contribution < 1.29 is 23.5 Å². The molecule has 2 aliphatic rings. The third-order valence-corrected chi connectivity index (χ3v) is 6.37. The number of anilines is 1. The molecule has 1 aromatic heterocycles. The number of carbonyl (C=O) groups excluding carboxylic acids is 3. The van der Waals surface area contributed by atoms with Crippen LogP contribution in [0.4, 0.5) is 10.1 Å². The summed E-state index contributed by atoms with van der Waals surface area (Å²) in [6, 6.07) is 4.31. The predicted molar refractivity (Wildman–Crippen MR) is 128 cm³/mol. The standard InChI is InChI=1S/C25H32FN5O4/c1-15(2)35-11-5-10-27-24(34)25(4)13-30-14-28-20(21(30)23(33)31(25)18-8-9-18)22(32)29-17-7-6-16(3)19(26)12-17/h6-7,12,14-15,18H,5,8-11,13H2,1-4H3,(H,27,34)(H,29,32)/t25-/m0/s1. The lowest BCUT2D eigenvalue weighted by molar-refractivity contribution is -0.133. The fourth-order valence-electron chi connectivity index (χ4n) is 4.37. The van der Waals surface area contributed by atoms with Gasteiger partial charge in [-0.05, 0) is 64.7 Å². The third-order valence-electron chi connectivity index (χ3n) is 6.37. The Kier molecular flexibility index (Phi) is 6.93. The maximum atomic E-state index is 13.9. The molecular formula is C25H32FN5O4. The average molecular weight is 486 g/mol. The molecule has 0 bridgehead atoms. The molecule has 2 aromatic rings. The van der Waals surface area contributed by atoms with Gasteiger partial charge in [-0.1, -0.05) is 6.07 Å². The van der Waals surface area contributed by atoms with Crippen molar-refractivity contribution in [2.24, 2.45) is 0 Å². The first kappa shape index (κ1) is 24.8. The minimum atomic E-state index is -1.11. The number of aryl methyl sites for hydroxylation is 1. The van der Waals surface area contributed by atoms with Gasteiger partial charge in [-0.2, -0.15) is 0 Å². The summed E-state index contributed by atoms with van der Waals surface area (Å²) < 4.78 is 21.0. The molecule has 1 atom stereocenters. The van der Waals surface area contributed by atoms with Crippen LogP contribution in [-0.2, 0) is 16.1 Å². The number of carbonyl (C=O) groups is 3. The van der Waals surface area contributed by atoms with E-state index < -0.39 is 23.2 Å². The number of amides is 3. The molecule has 0 saturated heterocycles. The molecule has 1 aliphatic carbocycles. The minimum absolute atomic E-state index is 0.0464. The van der Waals surface area contributed by atoms with Gasteiger partial charge in [0.1, 0.15) is 17.1 Å². The van der Waals surface area contributed by atoms with Crippen molar-refractivity contribution in [2.45, 2.75) is 71.2 Å². The third kappa shape index (κ3) is 5.07. The van der Waals surface area contributed by atoms with Gasteiger partial charge in [0.25, 0.3) is 11.8 Å². The molecule has 1 aliphatic heterocycles. The number of aromatic nitrogens is 2. The number of imidazole rings is 1. The summed E-state index contributed by atoms with van der Waals surface area (Å²) in [4.78, 5) is 45.6. The van der Waals surface area contributed by atoms with E-state index in [0.29, 0.717) is 25.1 Å². The molecule has 0 unspecified atom stereocenters. The molecule has 3 amide bonds. The van der Waals surface area contributed by atoms with Crippen molar-refractivity contribution in [1.29, 1.82) is 0 Å². The number of ether oxygens (including phenoxy) is 1. The summed E-state index contributed by atoms with van der Waals surface area (Å²) in [6.07, 6.45) is 3.80. The summed E-state index contributed by atoms with van der Waals surface area (Å²) in [7, 11) is 0. The highest BCUT2D eigenvalue weighted by Crippen LogP contribution is 2.39. The fourth-order valence-corrected chi connectivity index (χ4v) is 4.37. The first-order chi connectivity index (χ1) is 16.6. The van der Waals surface area contributed by atoms with E-state index in [-0.39, 0.29) is 41.7 Å². The number of nitrogens with zero attached hydrogens (tertiary/aromatic N) is 3. The van der Waals surface area contributed by atoms with Crippen LogP contribution in [-0.4, -0.2) is 63.0 Å². The summed E-state index contributed by atoms with van der Waals surface area (Å²) in [6.45, 7) is 8.44. The largest absolute Gasteiger partial charge is 0.379 e. The lowest BCUT2D eigenvalue weighted by Crippen LogP contribution is -2.64. The van der Waals surface area contributed by atoms with Crippen molar-refractivity contribution in [1.82, 2.24) is 19.8 Å². The molecule has 0 radical (unpaired) electrons. The first-order valence-electron chi connectivity index (χ1n) is 12.0. The van der Waals surface area contributed by atoms with Crippen LogP contribution in [0.5, 0.6) is 0 Å². The molecule has 35 heavy (non-hydrogen) atoms. The van der Waals surface area contributed by atoms with Gasteiger partial charge in [-0.25, -0.2) is 9.37 Å². The lowest BCUT2D eigenvalue weighted by Gasteiger charge is -2.44. The van der Waals surface area contributed by atoms with E-state index in [2.05, 4.69) is 15.6 Å². The Hall–Kier alpha value is -3.27. The van der Waals surface area contributed by atoms with E-state index >= 15 is 0 Å². The Balaban J connectivity index is 1.53. The van der Waals surface area contributed by atoms with Crippen LogP contribution >= 0.6 is 0 Å². The van der Waals surface area contributed by atoms with Gasteiger partial charge >= 0.3 is 0 Å². The van der Waals surface area contributed by atoms with E-state index in [4.69, 9.17) is 4.74 Å². The Morgan fingerprint density at radius 2 is 2.06 bits per heavy atom. The van der Waals surface area contributed by atoms with Gasteiger partial charge < -0.3 is 24.8 Å². The van der Waals surface area contributed by atoms with Crippen LogP contribution < -0.4 is 10.6 Å². The monoisotopic (exact) mass is 485 g/mol. The molecule has 4 rings (SSSR count). The van der Waals surface area contributed by atoms with Crippen LogP contribution in [0.3, 0.4) is 0 Å². The topological polar surface area (TPSA) is 106 Å². The quantitative estimate of drug-likeness (QED) is 0.532. The van der Waals surface area contributed by atoms with E-state index in [1.165, 1.54) is 12.4 Å². The summed E-state index contributed by atoms with van der Waals surface area (Å²) in [5, 5.41) is 5.56. The van der Waals surface area contributed by atoms with Crippen molar-refractivity contribution in [3.8, 4) is 0 Å². The van der Waals surface area contributed by atoms with Crippen molar-refractivity contribution in [3.63, 3.8) is 0 Å². The Morgan fingerprint density at radius 3 is 2.71 bits per heavy atom. The average Bonchev–Trinajstić information content (AvgIpc) is 3.53. The Bertz CT molecular complexity index is 1140. The summed E-state index contributed by atoms with van der Waals surface area (Å²) in [5.74, 6) is -1.70. The summed E-state index contributed by atoms with van der Waals surface area (Å²) >= 11 is 0. The molecule has 9 nitrogen and oxygen atoms in total.